The third kappa shape index (κ3) is 7.65. The fourth-order valence-corrected chi connectivity index (χ4v) is 1.50. The number of nitrogens with zero attached hydrogens (tertiary/aromatic N) is 2. The van der Waals surface area contributed by atoms with Crippen molar-refractivity contribution in [1.82, 2.24) is 15.4 Å². The van der Waals surface area contributed by atoms with Gasteiger partial charge in [-0.2, -0.15) is 0 Å². The van der Waals surface area contributed by atoms with E-state index >= 15 is 0 Å². The largest absolute Gasteiger partial charge is 0.277 e. The van der Waals surface area contributed by atoms with Crippen molar-refractivity contribution >= 4 is 30.9 Å². The lowest BCUT2D eigenvalue weighted by molar-refractivity contribution is 0.0537. The van der Waals surface area contributed by atoms with E-state index in [0.717, 1.165) is 16.3 Å². The van der Waals surface area contributed by atoms with Crippen molar-refractivity contribution in [2.24, 2.45) is 0 Å². The first-order valence-corrected chi connectivity index (χ1v) is 6.35. The van der Waals surface area contributed by atoms with Gasteiger partial charge in [0.15, 0.2) is 0 Å². The molecule has 0 aliphatic rings. The third-order valence-corrected chi connectivity index (χ3v) is 2.56. The molecule has 0 bridgehead atoms. The number of carbonyl (C=O) groups is 1. The fourth-order valence-electron chi connectivity index (χ4n) is 1.35. The van der Waals surface area contributed by atoms with Gasteiger partial charge >= 0.3 is 0 Å². The Morgan fingerprint density at radius 3 is 2.05 bits per heavy atom. The van der Waals surface area contributed by atoms with Gasteiger partial charge in [-0.3, -0.25) is 9.63 Å². The quantitative estimate of drug-likeness (QED) is 0.657. The van der Waals surface area contributed by atoms with E-state index in [9.17, 15) is 4.79 Å². The molecule has 2 aromatic rings. The number of benzene rings is 1. The zero-order valence-electron chi connectivity index (χ0n) is 12.0. The van der Waals surface area contributed by atoms with Crippen LogP contribution in [0.5, 0.6) is 0 Å². The lowest BCUT2D eigenvalue weighted by Crippen LogP contribution is -2.21. The lowest BCUT2D eigenvalue weighted by Gasteiger charge is -2.00. The summed E-state index contributed by atoms with van der Waals surface area (Å²) in [6.07, 6.45) is 1.57. The Labute approximate surface area is 135 Å². The van der Waals surface area contributed by atoms with Gasteiger partial charge in [0, 0.05) is 21.8 Å². The minimum Gasteiger partial charge on any atom is -0.277 e. The molecule has 7 heteroatoms. The number of aryl methyl sites for hydroxylation is 2. The number of halogens is 1. The Morgan fingerprint density at radius 2 is 1.67 bits per heavy atom. The van der Waals surface area contributed by atoms with Gasteiger partial charge in [0.05, 0.1) is 7.11 Å². The molecule has 0 atom stereocenters. The van der Waals surface area contributed by atoms with Crippen LogP contribution in [0.2, 0.25) is 0 Å². The third-order valence-electron chi connectivity index (χ3n) is 2.26. The van der Waals surface area contributed by atoms with Crippen molar-refractivity contribution in [1.29, 1.82) is 0 Å². The molecule has 114 valence electrons. The summed E-state index contributed by atoms with van der Waals surface area (Å²) in [5, 5.41) is 0. The predicted octanol–water partition coefficient (Wildman–Crippen LogP) is 2.78. The molecule has 1 N–H and O–H groups in total. The molecule has 1 aromatic heterocycles. The molecule has 21 heavy (non-hydrogen) atoms. The maximum absolute atomic E-state index is 11.1. The first-order valence-electron chi connectivity index (χ1n) is 5.90. The Bertz CT molecular complexity index is 547. The highest BCUT2D eigenvalue weighted by molar-refractivity contribution is 7.80. The van der Waals surface area contributed by atoms with Crippen LogP contribution in [0.3, 0.4) is 0 Å². The van der Waals surface area contributed by atoms with Gasteiger partial charge in [0.1, 0.15) is 6.33 Å². The van der Waals surface area contributed by atoms with Crippen molar-refractivity contribution in [3.05, 3.63) is 53.6 Å². The molecule has 0 spiro atoms. The van der Waals surface area contributed by atoms with Crippen molar-refractivity contribution in [2.45, 2.75) is 18.7 Å². The topological polar surface area (TPSA) is 64.1 Å². The van der Waals surface area contributed by atoms with Crippen LogP contribution in [-0.4, -0.2) is 23.0 Å². The summed E-state index contributed by atoms with van der Waals surface area (Å²) in [6, 6.07) is 8.79. The van der Waals surface area contributed by atoms with E-state index in [-0.39, 0.29) is 18.3 Å². The van der Waals surface area contributed by atoms with E-state index in [2.05, 4.69) is 32.9 Å². The minimum atomic E-state index is -0.258. The van der Waals surface area contributed by atoms with Gasteiger partial charge in [-0.1, -0.05) is 0 Å². The first-order chi connectivity index (χ1) is 9.52. The first kappa shape index (κ1) is 19.4. The molecular formula is C14H18ClN3O2S. The van der Waals surface area contributed by atoms with Gasteiger partial charge in [0.25, 0.3) is 5.91 Å². The van der Waals surface area contributed by atoms with Gasteiger partial charge in [0.2, 0.25) is 0 Å². The van der Waals surface area contributed by atoms with E-state index in [1.165, 1.54) is 7.11 Å². The van der Waals surface area contributed by atoms with Crippen molar-refractivity contribution in [2.75, 3.05) is 7.11 Å². The number of hydrogen-bond acceptors (Lipinski definition) is 5. The molecule has 0 saturated carbocycles. The molecule has 0 radical (unpaired) electrons. The number of thiol groups is 1. The molecule has 0 unspecified atom stereocenters. The summed E-state index contributed by atoms with van der Waals surface area (Å²) in [6.45, 7) is 3.91. The zero-order chi connectivity index (χ0) is 15.0. The summed E-state index contributed by atoms with van der Waals surface area (Å²) < 4.78 is 0. The maximum atomic E-state index is 11.1. The Morgan fingerprint density at radius 1 is 1.14 bits per heavy atom. The van der Waals surface area contributed by atoms with Crippen LogP contribution in [0, 0.1) is 13.8 Å². The fraction of sp³-hybridized carbons (Fsp3) is 0.214. The summed E-state index contributed by atoms with van der Waals surface area (Å²) >= 11 is 4.09. The molecule has 1 aromatic carbocycles. The molecule has 1 amide bonds. The van der Waals surface area contributed by atoms with E-state index in [1.54, 1.807) is 30.6 Å². The van der Waals surface area contributed by atoms with E-state index in [4.69, 9.17) is 0 Å². The Kier molecular flexibility index (Phi) is 9.36. The van der Waals surface area contributed by atoms with Crippen LogP contribution in [0.4, 0.5) is 0 Å². The van der Waals surface area contributed by atoms with Crippen LogP contribution >= 0.6 is 25.0 Å². The van der Waals surface area contributed by atoms with Crippen molar-refractivity contribution < 1.29 is 9.63 Å². The minimum absolute atomic E-state index is 0. The average molecular weight is 328 g/mol. The second-order valence-electron chi connectivity index (χ2n) is 3.98. The summed E-state index contributed by atoms with van der Waals surface area (Å²) in [4.78, 5) is 24.2. The van der Waals surface area contributed by atoms with Gasteiger partial charge in [-0.15, -0.1) is 25.0 Å². The summed E-state index contributed by atoms with van der Waals surface area (Å²) in [5.74, 6) is -0.258. The van der Waals surface area contributed by atoms with Gasteiger partial charge in [-0.25, -0.2) is 15.4 Å². The number of rotatable bonds is 2. The van der Waals surface area contributed by atoms with Crippen LogP contribution in [0.1, 0.15) is 21.7 Å². The number of hydroxylamine groups is 1. The molecule has 0 aliphatic carbocycles. The van der Waals surface area contributed by atoms with E-state index < -0.39 is 0 Å². The number of hydrogen-bond donors (Lipinski definition) is 2. The number of aromatic nitrogens is 2. The molecule has 2 rings (SSSR count). The molecule has 0 saturated heterocycles. The molecule has 0 aliphatic heterocycles. The monoisotopic (exact) mass is 327 g/mol. The molecular weight excluding hydrogens is 310 g/mol. The summed E-state index contributed by atoms with van der Waals surface area (Å²) in [7, 11) is 1.39. The normalized spacial score (nSPS) is 8.95. The van der Waals surface area contributed by atoms with Crippen molar-refractivity contribution in [3.8, 4) is 0 Å². The Hall–Kier alpha value is -1.63. The van der Waals surface area contributed by atoms with Crippen LogP contribution < -0.4 is 5.48 Å². The van der Waals surface area contributed by atoms with Crippen LogP contribution in [-0.2, 0) is 4.84 Å². The lowest BCUT2D eigenvalue weighted by atomic mass is 10.2. The zero-order valence-corrected chi connectivity index (χ0v) is 13.7. The summed E-state index contributed by atoms with van der Waals surface area (Å²) in [5.41, 5.74) is 4.82. The number of nitrogens with one attached hydrogen (secondary N) is 1. The Balaban J connectivity index is 0.000000390. The standard InChI is InChI=1S/C8H9NO2S.C6H8N2.ClH/c1-11-9-8(10)6-2-4-7(12)5-3-6;1-5-3-6(2)8-4-7-5;/h2-5,12H,1H3,(H,9,10);3-4H,1-2H3;1H. The smallest absolute Gasteiger partial charge is 0.274 e. The van der Waals surface area contributed by atoms with Crippen molar-refractivity contribution in [3.63, 3.8) is 0 Å². The highest BCUT2D eigenvalue weighted by atomic mass is 35.5. The maximum Gasteiger partial charge on any atom is 0.274 e. The number of carbonyl (C=O) groups excluding carboxylic acids is 1. The van der Waals surface area contributed by atoms with Crippen LogP contribution in [0.15, 0.2) is 41.6 Å². The predicted molar refractivity (Wildman–Crippen MR) is 86.9 cm³/mol. The van der Waals surface area contributed by atoms with Gasteiger partial charge in [-0.05, 0) is 44.2 Å². The second kappa shape index (κ2) is 10.1. The van der Waals surface area contributed by atoms with Crippen LogP contribution in [0.25, 0.3) is 0 Å². The van der Waals surface area contributed by atoms with E-state index in [1.807, 2.05) is 19.9 Å². The average Bonchev–Trinajstić information content (AvgIpc) is 2.40. The second-order valence-corrected chi connectivity index (χ2v) is 4.50. The highest BCUT2D eigenvalue weighted by Gasteiger charge is 2.02. The number of amides is 1. The SMILES string of the molecule is CONC(=O)c1ccc(S)cc1.Cc1cc(C)ncn1.Cl. The van der Waals surface area contributed by atoms with Gasteiger partial charge < -0.3 is 0 Å². The highest BCUT2D eigenvalue weighted by Crippen LogP contribution is 2.07. The molecule has 0 fully saturated rings. The van der Waals surface area contributed by atoms with E-state index in [0.29, 0.717) is 5.56 Å². The molecule has 1 heterocycles. The molecule has 5 nitrogen and oxygen atoms in total.